The lowest BCUT2D eigenvalue weighted by atomic mass is 10.1. The molecule has 0 aliphatic rings. The number of carbonyl (C=O) groups is 2. The molecular formula is C12H10FNO6. The zero-order valence-electron chi connectivity index (χ0n) is 10.6. The largest absolute Gasteiger partial charge is 0.466 e. The van der Waals surface area contributed by atoms with E-state index >= 15 is 0 Å². The van der Waals surface area contributed by atoms with Crippen LogP contribution in [0.2, 0.25) is 0 Å². The van der Waals surface area contributed by atoms with Crippen molar-refractivity contribution in [3.63, 3.8) is 0 Å². The summed E-state index contributed by atoms with van der Waals surface area (Å²) in [6, 6.07) is 1.52. The summed E-state index contributed by atoms with van der Waals surface area (Å²) in [5, 5.41) is 10.9. The van der Waals surface area contributed by atoms with Crippen LogP contribution in [0.4, 0.5) is 10.1 Å². The number of carbonyl (C=O) groups excluding carboxylic acids is 2. The Labute approximate surface area is 112 Å². The van der Waals surface area contributed by atoms with Crippen LogP contribution in [0, 0.1) is 15.9 Å². The van der Waals surface area contributed by atoms with E-state index in [4.69, 9.17) is 0 Å². The SMILES string of the molecule is COC(=O)C=Cc1cc([N+](=O)[O-])c(C(=O)OC)cc1F. The molecule has 0 atom stereocenters. The van der Waals surface area contributed by atoms with E-state index in [0.717, 1.165) is 32.4 Å². The third kappa shape index (κ3) is 3.37. The fourth-order valence-electron chi connectivity index (χ4n) is 1.36. The predicted octanol–water partition coefficient (Wildman–Crippen LogP) is 1.71. The molecule has 0 radical (unpaired) electrons. The van der Waals surface area contributed by atoms with Crippen LogP contribution in [0.25, 0.3) is 6.08 Å². The van der Waals surface area contributed by atoms with Crippen LogP contribution in [0.3, 0.4) is 0 Å². The summed E-state index contributed by atoms with van der Waals surface area (Å²) >= 11 is 0. The van der Waals surface area contributed by atoms with Gasteiger partial charge in [-0.1, -0.05) is 0 Å². The molecule has 20 heavy (non-hydrogen) atoms. The maximum absolute atomic E-state index is 13.7. The van der Waals surface area contributed by atoms with Gasteiger partial charge in [0.2, 0.25) is 0 Å². The molecule has 1 rings (SSSR count). The lowest BCUT2D eigenvalue weighted by Crippen LogP contribution is -2.07. The van der Waals surface area contributed by atoms with E-state index < -0.39 is 33.9 Å². The summed E-state index contributed by atoms with van der Waals surface area (Å²) in [4.78, 5) is 32.2. The topological polar surface area (TPSA) is 95.7 Å². The molecule has 0 amide bonds. The molecule has 0 spiro atoms. The average molecular weight is 283 g/mol. The van der Waals surface area contributed by atoms with Crippen LogP contribution < -0.4 is 0 Å². The molecule has 8 heteroatoms. The summed E-state index contributed by atoms with van der Waals surface area (Å²) in [5.41, 5.74) is -1.36. The molecule has 1 aromatic carbocycles. The Balaban J connectivity index is 3.34. The van der Waals surface area contributed by atoms with Crippen molar-refractivity contribution in [1.82, 2.24) is 0 Å². The van der Waals surface area contributed by atoms with E-state index in [1.165, 1.54) is 0 Å². The second-order valence-electron chi connectivity index (χ2n) is 3.50. The minimum absolute atomic E-state index is 0.227. The van der Waals surface area contributed by atoms with E-state index in [0.29, 0.717) is 6.07 Å². The van der Waals surface area contributed by atoms with Crippen molar-refractivity contribution in [2.45, 2.75) is 0 Å². The quantitative estimate of drug-likeness (QED) is 0.361. The Morgan fingerprint density at radius 3 is 2.45 bits per heavy atom. The molecule has 0 saturated carbocycles. The Morgan fingerprint density at radius 2 is 1.95 bits per heavy atom. The Bertz CT molecular complexity index is 596. The summed E-state index contributed by atoms with van der Waals surface area (Å²) in [7, 11) is 2.15. The highest BCUT2D eigenvalue weighted by molar-refractivity contribution is 5.94. The number of halogens is 1. The van der Waals surface area contributed by atoms with Gasteiger partial charge in [0.15, 0.2) is 0 Å². The van der Waals surface area contributed by atoms with Crippen molar-refractivity contribution in [2.75, 3.05) is 14.2 Å². The van der Waals surface area contributed by atoms with Crippen LogP contribution in [-0.4, -0.2) is 31.1 Å². The smallest absolute Gasteiger partial charge is 0.344 e. The van der Waals surface area contributed by atoms with Gasteiger partial charge in [0.05, 0.1) is 19.1 Å². The summed E-state index contributed by atoms with van der Waals surface area (Å²) in [6.07, 6.45) is 1.91. The molecule has 0 aliphatic heterocycles. The summed E-state index contributed by atoms with van der Waals surface area (Å²) in [5.74, 6) is -2.68. The van der Waals surface area contributed by atoms with Gasteiger partial charge in [-0.15, -0.1) is 0 Å². The van der Waals surface area contributed by atoms with E-state index in [1.54, 1.807) is 0 Å². The highest BCUT2D eigenvalue weighted by atomic mass is 19.1. The van der Waals surface area contributed by atoms with Crippen molar-refractivity contribution < 1.29 is 28.4 Å². The predicted molar refractivity (Wildman–Crippen MR) is 65.4 cm³/mol. The van der Waals surface area contributed by atoms with Crippen LogP contribution >= 0.6 is 0 Å². The number of benzene rings is 1. The van der Waals surface area contributed by atoms with E-state index in [-0.39, 0.29) is 5.56 Å². The maximum Gasteiger partial charge on any atom is 0.344 e. The van der Waals surface area contributed by atoms with Crippen LogP contribution in [0.1, 0.15) is 15.9 Å². The van der Waals surface area contributed by atoms with Crippen molar-refractivity contribution in [3.05, 3.63) is 45.3 Å². The molecule has 0 bridgehead atoms. The molecule has 7 nitrogen and oxygen atoms in total. The molecule has 0 saturated heterocycles. The molecule has 106 valence electrons. The summed E-state index contributed by atoms with van der Waals surface area (Å²) < 4.78 is 22.4. The number of ether oxygens (including phenoxy) is 2. The molecule has 0 aliphatic carbocycles. The Hall–Kier alpha value is -2.77. The lowest BCUT2D eigenvalue weighted by molar-refractivity contribution is -0.385. The van der Waals surface area contributed by atoms with Crippen LogP contribution in [-0.2, 0) is 14.3 Å². The number of nitro groups is 1. The highest BCUT2D eigenvalue weighted by Crippen LogP contribution is 2.24. The molecular weight excluding hydrogens is 273 g/mol. The fraction of sp³-hybridized carbons (Fsp3) is 0.167. The van der Waals surface area contributed by atoms with Crippen molar-refractivity contribution in [3.8, 4) is 0 Å². The normalized spacial score (nSPS) is 10.3. The third-order valence-electron chi connectivity index (χ3n) is 2.32. The number of nitrogens with zero attached hydrogens (tertiary/aromatic N) is 1. The molecule has 0 unspecified atom stereocenters. The van der Waals surface area contributed by atoms with Gasteiger partial charge in [0, 0.05) is 17.7 Å². The van der Waals surface area contributed by atoms with Crippen molar-refractivity contribution in [2.24, 2.45) is 0 Å². The van der Waals surface area contributed by atoms with Gasteiger partial charge in [-0.25, -0.2) is 14.0 Å². The second-order valence-corrected chi connectivity index (χ2v) is 3.50. The minimum atomic E-state index is -1.03. The van der Waals surface area contributed by atoms with Crippen LogP contribution in [0.5, 0.6) is 0 Å². The Morgan fingerprint density at radius 1 is 1.30 bits per heavy atom. The molecule has 1 aromatic rings. The Kier molecular flexibility index (Phi) is 4.90. The highest BCUT2D eigenvalue weighted by Gasteiger charge is 2.23. The van der Waals surface area contributed by atoms with Gasteiger partial charge in [-0.05, 0) is 12.1 Å². The standard InChI is InChI=1S/C12H10FNO6/c1-19-11(15)4-3-7-5-10(14(17)18)8(6-9(7)13)12(16)20-2/h3-6H,1-2H3. The second kappa shape index (κ2) is 6.41. The van der Waals surface area contributed by atoms with E-state index in [1.807, 2.05) is 0 Å². The van der Waals surface area contributed by atoms with E-state index in [9.17, 15) is 24.1 Å². The minimum Gasteiger partial charge on any atom is -0.466 e. The number of nitro benzene ring substituents is 1. The van der Waals surface area contributed by atoms with Gasteiger partial charge in [-0.2, -0.15) is 0 Å². The zero-order valence-corrected chi connectivity index (χ0v) is 10.6. The number of hydrogen-bond donors (Lipinski definition) is 0. The lowest BCUT2D eigenvalue weighted by Gasteiger charge is -2.03. The monoisotopic (exact) mass is 283 g/mol. The average Bonchev–Trinajstić information content (AvgIpc) is 2.43. The maximum atomic E-state index is 13.7. The van der Waals surface area contributed by atoms with Gasteiger partial charge < -0.3 is 9.47 Å². The number of esters is 2. The van der Waals surface area contributed by atoms with Crippen molar-refractivity contribution in [1.29, 1.82) is 0 Å². The zero-order chi connectivity index (χ0) is 15.3. The summed E-state index contributed by atoms with van der Waals surface area (Å²) in [6.45, 7) is 0. The third-order valence-corrected chi connectivity index (χ3v) is 2.32. The van der Waals surface area contributed by atoms with Crippen molar-refractivity contribution >= 4 is 23.7 Å². The van der Waals surface area contributed by atoms with Gasteiger partial charge in [0.25, 0.3) is 5.69 Å². The van der Waals surface area contributed by atoms with Gasteiger partial charge in [-0.3, -0.25) is 10.1 Å². The van der Waals surface area contributed by atoms with E-state index in [2.05, 4.69) is 9.47 Å². The molecule has 0 N–H and O–H groups in total. The number of methoxy groups -OCH3 is 2. The molecule has 0 aromatic heterocycles. The van der Waals surface area contributed by atoms with Crippen LogP contribution in [0.15, 0.2) is 18.2 Å². The first-order chi connectivity index (χ1) is 9.40. The first-order valence-electron chi connectivity index (χ1n) is 5.23. The number of rotatable bonds is 4. The molecule has 0 fully saturated rings. The first-order valence-corrected chi connectivity index (χ1v) is 5.23. The fourth-order valence-corrected chi connectivity index (χ4v) is 1.36. The first kappa shape index (κ1) is 15.3. The van der Waals surface area contributed by atoms with Gasteiger partial charge >= 0.3 is 11.9 Å². The van der Waals surface area contributed by atoms with Gasteiger partial charge in [0.1, 0.15) is 11.4 Å². The molecule has 0 heterocycles. The number of hydrogen-bond acceptors (Lipinski definition) is 6.